The Hall–Kier alpha value is -1.60. The van der Waals surface area contributed by atoms with Crippen molar-refractivity contribution in [2.45, 2.75) is 26.1 Å². The van der Waals surface area contributed by atoms with Crippen LogP contribution >= 0.6 is 23.2 Å². The minimum absolute atomic E-state index is 0.0815. The van der Waals surface area contributed by atoms with E-state index >= 15 is 0 Å². The second-order valence-corrected chi connectivity index (χ2v) is 6.47. The van der Waals surface area contributed by atoms with Crippen molar-refractivity contribution in [3.05, 3.63) is 27.2 Å². The van der Waals surface area contributed by atoms with Gasteiger partial charge < -0.3 is 15.2 Å². The largest absolute Gasteiger partial charge is 0.478 e. The molecule has 1 unspecified atom stereocenters. The summed E-state index contributed by atoms with van der Waals surface area (Å²) < 4.78 is 44.2. The number of ether oxygens (including phenoxy) is 1. The van der Waals surface area contributed by atoms with Crippen molar-refractivity contribution >= 4 is 40.9 Å². The van der Waals surface area contributed by atoms with Crippen LogP contribution < -0.4 is 10.1 Å². The molecular formula is C15H14Cl2F3NO3. The van der Waals surface area contributed by atoms with Crippen molar-refractivity contribution in [1.29, 1.82) is 0 Å². The number of alkyl halides is 3. The Morgan fingerprint density at radius 3 is 2.54 bits per heavy atom. The van der Waals surface area contributed by atoms with E-state index in [1.807, 2.05) is 13.8 Å². The molecule has 0 saturated carbocycles. The highest BCUT2D eigenvalue weighted by atomic mass is 35.5. The van der Waals surface area contributed by atoms with Crippen molar-refractivity contribution in [3.8, 4) is 5.75 Å². The van der Waals surface area contributed by atoms with Crippen LogP contribution in [0.4, 0.5) is 18.9 Å². The van der Waals surface area contributed by atoms with Crippen molar-refractivity contribution < 1.29 is 27.8 Å². The second-order valence-electron chi connectivity index (χ2n) is 5.68. The zero-order chi connectivity index (χ0) is 18.2. The van der Waals surface area contributed by atoms with Gasteiger partial charge in [0.1, 0.15) is 10.8 Å². The summed E-state index contributed by atoms with van der Waals surface area (Å²) >= 11 is 12.2. The number of carboxylic acids is 1. The Morgan fingerprint density at radius 1 is 1.42 bits per heavy atom. The normalized spacial score (nSPS) is 17.2. The first kappa shape index (κ1) is 18.7. The van der Waals surface area contributed by atoms with Crippen LogP contribution in [-0.2, 0) is 4.79 Å². The number of hydrogen-bond donors (Lipinski definition) is 2. The predicted molar refractivity (Wildman–Crippen MR) is 85.9 cm³/mol. The lowest BCUT2D eigenvalue weighted by molar-refractivity contribution is -0.187. The highest BCUT2D eigenvalue weighted by Gasteiger charge is 2.49. The van der Waals surface area contributed by atoms with Crippen LogP contribution in [0.1, 0.15) is 19.4 Å². The van der Waals surface area contributed by atoms with Gasteiger partial charge >= 0.3 is 12.1 Å². The lowest BCUT2D eigenvalue weighted by Gasteiger charge is -2.28. The Bertz CT molecular complexity index is 702. The minimum atomic E-state index is -4.89. The third-order valence-electron chi connectivity index (χ3n) is 3.26. The molecule has 24 heavy (non-hydrogen) atoms. The number of aliphatic carboxylic acids is 1. The highest BCUT2D eigenvalue weighted by Crippen LogP contribution is 2.46. The molecule has 2 rings (SSSR count). The van der Waals surface area contributed by atoms with Gasteiger partial charge in [0.15, 0.2) is 0 Å². The van der Waals surface area contributed by atoms with E-state index in [0.29, 0.717) is 6.54 Å². The number of carbonyl (C=O) groups is 1. The fourth-order valence-electron chi connectivity index (χ4n) is 2.16. The van der Waals surface area contributed by atoms with Gasteiger partial charge in [-0.1, -0.05) is 37.0 Å². The first-order valence-electron chi connectivity index (χ1n) is 6.96. The van der Waals surface area contributed by atoms with Gasteiger partial charge in [-0.3, -0.25) is 0 Å². The van der Waals surface area contributed by atoms with Crippen LogP contribution in [0.5, 0.6) is 5.75 Å². The SMILES string of the molecule is CC(C)CNc1c(Cl)cc2c(c1Cl)OC(C(F)(F)F)C(C(=O)O)=C2. The van der Waals surface area contributed by atoms with E-state index < -0.39 is 23.8 Å². The van der Waals surface area contributed by atoms with Crippen molar-refractivity contribution in [3.63, 3.8) is 0 Å². The fraction of sp³-hybridized carbons (Fsp3) is 0.400. The summed E-state index contributed by atoms with van der Waals surface area (Å²) in [7, 11) is 0. The molecule has 1 aliphatic heterocycles. The Labute approximate surface area is 146 Å². The number of hydrogen-bond acceptors (Lipinski definition) is 3. The first-order chi connectivity index (χ1) is 11.0. The second kappa shape index (κ2) is 6.72. The summed E-state index contributed by atoms with van der Waals surface area (Å²) in [5, 5.41) is 12.0. The van der Waals surface area contributed by atoms with Crippen molar-refractivity contribution in [2.24, 2.45) is 5.92 Å². The molecule has 1 aromatic carbocycles. The summed E-state index contributed by atoms with van der Waals surface area (Å²) in [5.74, 6) is -1.73. The third-order valence-corrected chi connectivity index (χ3v) is 3.92. The van der Waals surface area contributed by atoms with Crippen molar-refractivity contribution in [1.82, 2.24) is 0 Å². The molecule has 0 aromatic heterocycles. The van der Waals surface area contributed by atoms with Gasteiger partial charge in [-0.2, -0.15) is 13.2 Å². The maximum absolute atomic E-state index is 13.1. The van der Waals surface area contributed by atoms with E-state index in [9.17, 15) is 18.0 Å². The number of rotatable bonds is 4. The van der Waals surface area contributed by atoms with Crippen LogP contribution in [-0.4, -0.2) is 29.9 Å². The van der Waals surface area contributed by atoms with Gasteiger partial charge in [-0.25, -0.2) is 4.79 Å². The molecule has 0 bridgehead atoms. The van der Waals surface area contributed by atoms with Crippen molar-refractivity contribution in [2.75, 3.05) is 11.9 Å². The Morgan fingerprint density at radius 2 is 2.04 bits per heavy atom. The van der Waals surface area contributed by atoms with E-state index in [1.165, 1.54) is 6.07 Å². The monoisotopic (exact) mass is 383 g/mol. The molecule has 0 radical (unpaired) electrons. The van der Waals surface area contributed by atoms with Gasteiger partial charge in [0.25, 0.3) is 0 Å². The molecule has 0 fully saturated rings. The standard InChI is InChI=1S/C15H14Cl2F3NO3/c1-6(2)5-21-11-9(16)4-7-3-8(14(22)23)13(15(18,19)20)24-12(7)10(11)17/h3-4,6,13,21H,5H2,1-2H3,(H,22,23). The molecule has 9 heteroatoms. The lowest BCUT2D eigenvalue weighted by atomic mass is 10.0. The molecule has 2 N–H and O–H groups in total. The molecule has 1 aliphatic rings. The number of benzene rings is 1. The summed E-state index contributed by atoms with van der Waals surface area (Å²) in [6.07, 6.45) is -6.61. The molecule has 1 heterocycles. The van der Waals surface area contributed by atoms with E-state index in [0.717, 1.165) is 6.08 Å². The number of halogens is 5. The maximum Gasteiger partial charge on any atom is 0.430 e. The van der Waals surface area contributed by atoms with E-state index in [-0.39, 0.29) is 33.0 Å². The lowest BCUT2D eigenvalue weighted by Crippen LogP contribution is -2.40. The summed E-state index contributed by atoms with van der Waals surface area (Å²) in [6.45, 7) is 4.37. The van der Waals surface area contributed by atoms with Crippen LogP contribution in [0.25, 0.3) is 6.08 Å². The third kappa shape index (κ3) is 3.72. The zero-order valence-electron chi connectivity index (χ0n) is 12.7. The van der Waals surface area contributed by atoms with E-state index in [1.54, 1.807) is 0 Å². The molecule has 0 spiro atoms. The number of anilines is 1. The molecule has 0 amide bonds. The van der Waals surface area contributed by atoms with Crippen LogP contribution in [0.2, 0.25) is 10.0 Å². The smallest absolute Gasteiger partial charge is 0.430 e. The highest BCUT2D eigenvalue weighted by molar-refractivity contribution is 6.40. The average molecular weight is 384 g/mol. The topological polar surface area (TPSA) is 58.6 Å². The quantitative estimate of drug-likeness (QED) is 0.779. The maximum atomic E-state index is 13.1. The summed E-state index contributed by atoms with van der Waals surface area (Å²) in [6, 6.07) is 1.32. The number of carboxylic acid groups (broad SMARTS) is 1. The number of fused-ring (bicyclic) bond motifs is 1. The van der Waals surface area contributed by atoms with Gasteiger partial charge in [-0.15, -0.1) is 0 Å². The van der Waals surface area contributed by atoms with Crippen LogP contribution in [0.3, 0.4) is 0 Å². The molecule has 0 saturated heterocycles. The molecule has 132 valence electrons. The first-order valence-corrected chi connectivity index (χ1v) is 7.72. The summed E-state index contributed by atoms with van der Waals surface area (Å²) in [5.41, 5.74) is -0.595. The molecule has 4 nitrogen and oxygen atoms in total. The molecule has 1 aromatic rings. The minimum Gasteiger partial charge on any atom is -0.478 e. The van der Waals surface area contributed by atoms with Gasteiger partial charge in [0.05, 0.1) is 16.3 Å². The number of nitrogens with one attached hydrogen (secondary N) is 1. The molecular weight excluding hydrogens is 370 g/mol. The van der Waals surface area contributed by atoms with Gasteiger partial charge in [0.2, 0.25) is 6.10 Å². The van der Waals surface area contributed by atoms with Crippen LogP contribution in [0.15, 0.2) is 11.6 Å². The molecule has 1 atom stereocenters. The van der Waals surface area contributed by atoms with Gasteiger partial charge in [-0.05, 0) is 18.1 Å². The Kier molecular flexibility index (Phi) is 5.25. The zero-order valence-corrected chi connectivity index (χ0v) is 14.2. The van der Waals surface area contributed by atoms with Gasteiger partial charge in [0, 0.05) is 12.1 Å². The fourth-order valence-corrected chi connectivity index (χ4v) is 2.81. The Balaban J connectivity index is 2.54. The predicted octanol–water partition coefficient (Wildman–Crippen LogP) is 4.85. The van der Waals surface area contributed by atoms with E-state index in [2.05, 4.69) is 5.32 Å². The molecule has 0 aliphatic carbocycles. The average Bonchev–Trinajstić information content (AvgIpc) is 2.44. The van der Waals surface area contributed by atoms with Crippen LogP contribution in [0, 0.1) is 5.92 Å². The summed E-state index contributed by atoms with van der Waals surface area (Å²) in [4.78, 5) is 11.1. The van der Waals surface area contributed by atoms with E-state index in [4.69, 9.17) is 33.0 Å².